The summed E-state index contributed by atoms with van der Waals surface area (Å²) in [5.41, 5.74) is 0. The van der Waals surface area contributed by atoms with Gasteiger partial charge in [-0.15, -0.1) is 0 Å². The molecule has 0 aliphatic carbocycles. The quantitative estimate of drug-likeness (QED) is 0.673. The number of carbonyl (C=O) groups is 3. The van der Waals surface area contributed by atoms with E-state index in [4.69, 9.17) is 11.6 Å². The summed E-state index contributed by atoms with van der Waals surface area (Å²) < 4.78 is 40.4. The molecule has 0 aromatic heterocycles. The van der Waals surface area contributed by atoms with Crippen molar-refractivity contribution in [2.45, 2.75) is 61.5 Å². The third-order valence-corrected chi connectivity index (χ3v) is 7.75. The van der Waals surface area contributed by atoms with E-state index < -0.39 is 22.4 Å². The fourth-order valence-corrected chi connectivity index (χ4v) is 5.99. The molecule has 30 heavy (non-hydrogen) atoms. The maximum Gasteiger partial charge on any atom is 0.241 e. The molecule has 3 amide bonds. The van der Waals surface area contributed by atoms with Crippen LogP contribution in [0.3, 0.4) is 0 Å². The van der Waals surface area contributed by atoms with E-state index in [1.165, 1.54) is 4.90 Å². The second-order valence-corrected chi connectivity index (χ2v) is 10.0. The standard InChI is InChI=1S/C19H21ClFN3O5S/c20-15-9-14(3-4-16(15)21)30(28,29)22-10-19(27)23-11-1-2-12(23)8-13(7-11)24-17(25)5-6-18(24)26/h3-4,9,11-13,22H,1-2,5-8,10H2. The van der Waals surface area contributed by atoms with Gasteiger partial charge in [-0.2, -0.15) is 0 Å². The van der Waals surface area contributed by atoms with Gasteiger partial charge in [0.15, 0.2) is 0 Å². The highest BCUT2D eigenvalue weighted by molar-refractivity contribution is 7.89. The first kappa shape index (κ1) is 21.2. The number of nitrogens with zero attached hydrogens (tertiary/aromatic N) is 2. The number of carbonyl (C=O) groups excluding carboxylic acids is 3. The van der Waals surface area contributed by atoms with E-state index in [0.29, 0.717) is 12.8 Å². The van der Waals surface area contributed by atoms with Crippen LogP contribution in [-0.4, -0.2) is 60.6 Å². The van der Waals surface area contributed by atoms with Crippen molar-refractivity contribution >= 4 is 39.3 Å². The van der Waals surface area contributed by atoms with Crippen LogP contribution in [0.2, 0.25) is 5.02 Å². The molecule has 0 radical (unpaired) electrons. The number of hydrogen-bond donors (Lipinski definition) is 1. The highest BCUT2D eigenvalue weighted by atomic mass is 35.5. The molecule has 0 saturated carbocycles. The van der Waals surface area contributed by atoms with E-state index in [2.05, 4.69) is 4.72 Å². The van der Waals surface area contributed by atoms with Gasteiger partial charge in [0.2, 0.25) is 27.7 Å². The molecule has 1 aromatic rings. The summed E-state index contributed by atoms with van der Waals surface area (Å²) in [6, 6.07) is 2.55. The molecule has 3 aliphatic heterocycles. The first-order valence-electron chi connectivity index (χ1n) is 9.78. The Morgan fingerprint density at radius 1 is 1.10 bits per heavy atom. The number of hydrogen-bond acceptors (Lipinski definition) is 5. The lowest BCUT2D eigenvalue weighted by Crippen LogP contribution is -2.55. The molecule has 1 aromatic carbocycles. The van der Waals surface area contributed by atoms with Gasteiger partial charge >= 0.3 is 0 Å². The van der Waals surface area contributed by atoms with E-state index in [-0.39, 0.29) is 58.6 Å². The highest BCUT2D eigenvalue weighted by Gasteiger charge is 2.47. The summed E-state index contributed by atoms with van der Waals surface area (Å²) in [4.78, 5) is 39.7. The van der Waals surface area contributed by atoms with Crippen molar-refractivity contribution in [2.24, 2.45) is 0 Å². The van der Waals surface area contributed by atoms with Gasteiger partial charge in [0.1, 0.15) is 5.82 Å². The predicted molar refractivity (Wildman–Crippen MR) is 104 cm³/mol. The lowest BCUT2D eigenvalue weighted by Gasteiger charge is -2.41. The molecular weight excluding hydrogens is 437 g/mol. The van der Waals surface area contributed by atoms with Crippen molar-refractivity contribution in [3.8, 4) is 0 Å². The minimum absolute atomic E-state index is 0.132. The minimum atomic E-state index is -4.03. The molecule has 3 fully saturated rings. The van der Waals surface area contributed by atoms with Crippen LogP contribution in [0.15, 0.2) is 23.1 Å². The molecule has 4 rings (SSSR count). The number of likely N-dealkylation sites (tertiary alicyclic amines) is 1. The smallest absolute Gasteiger partial charge is 0.241 e. The number of piperidine rings is 1. The molecular formula is C19H21ClFN3O5S. The van der Waals surface area contributed by atoms with E-state index in [9.17, 15) is 27.2 Å². The lowest BCUT2D eigenvalue weighted by atomic mass is 9.96. The summed E-state index contributed by atoms with van der Waals surface area (Å²) in [5, 5.41) is -0.324. The summed E-state index contributed by atoms with van der Waals surface area (Å²) in [5.74, 6) is -1.41. The molecule has 2 atom stereocenters. The number of sulfonamides is 1. The van der Waals surface area contributed by atoms with Crippen LogP contribution in [-0.2, 0) is 24.4 Å². The van der Waals surface area contributed by atoms with E-state index >= 15 is 0 Å². The molecule has 162 valence electrons. The number of halogens is 2. The van der Waals surface area contributed by atoms with E-state index in [1.807, 2.05) is 0 Å². The summed E-state index contributed by atoms with van der Waals surface area (Å²) >= 11 is 5.64. The van der Waals surface area contributed by atoms with Gasteiger partial charge in [0.05, 0.1) is 16.5 Å². The number of fused-ring (bicyclic) bond motifs is 2. The van der Waals surface area contributed by atoms with Gasteiger partial charge in [0, 0.05) is 31.0 Å². The van der Waals surface area contributed by atoms with Crippen molar-refractivity contribution < 1.29 is 27.2 Å². The van der Waals surface area contributed by atoms with Gasteiger partial charge in [-0.3, -0.25) is 19.3 Å². The Balaban J connectivity index is 1.40. The summed E-state index contributed by atoms with van der Waals surface area (Å²) in [7, 11) is -4.03. The zero-order valence-corrected chi connectivity index (χ0v) is 17.6. The second-order valence-electron chi connectivity index (χ2n) is 7.87. The third-order valence-electron chi connectivity index (χ3n) is 6.07. The second kappa shape index (κ2) is 7.90. The molecule has 11 heteroatoms. The number of nitrogens with one attached hydrogen (secondary N) is 1. The van der Waals surface area contributed by atoms with Crippen LogP contribution < -0.4 is 4.72 Å². The zero-order valence-electron chi connectivity index (χ0n) is 16.0. The Morgan fingerprint density at radius 3 is 2.27 bits per heavy atom. The van der Waals surface area contributed by atoms with Gasteiger partial charge in [-0.1, -0.05) is 11.6 Å². The Hall–Kier alpha value is -2.04. The van der Waals surface area contributed by atoms with Gasteiger partial charge in [-0.05, 0) is 43.9 Å². The minimum Gasteiger partial charge on any atom is -0.335 e. The van der Waals surface area contributed by atoms with Crippen molar-refractivity contribution in [1.82, 2.24) is 14.5 Å². The molecule has 2 unspecified atom stereocenters. The van der Waals surface area contributed by atoms with Crippen LogP contribution in [0.25, 0.3) is 0 Å². The normalized spacial score (nSPS) is 26.5. The van der Waals surface area contributed by atoms with Crippen molar-refractivity contribution in [1.29, 1.82) is 0 Å². The maximum atomic E-state index is 13.3. The lowest BCUT2D eigenvalue weighted by molar-refractivity contribution is -0.144. The summed E-state index contributed by atoms with van der Waals surface area (Å²) in [6.07, 6.45) is 3.01. The maximum absolute atomic E-state index is 13.3. The molecule has 3 aliphatic rings. The molecule has 0 spiro atoms. The first-order chi connectivity index (χ1) is 14.2. The third kappa shape index (κ3) is 3.83. The van der Waals surface area contributed by atoms with Gasteiger partial charge < -0.3 is 4.90 Å². The Labute approximate surface area is 178 Å². The van der Waals surface area contributed by atoms with Crippen molar-refractivity contribution in [2.75, 3.05) is 6.54 Å². The number of amides is 3. The largest absolute Gasteiger partial charge is 0.335 e. The van der Waals surface area contributed by atoms with Crippen LogP contribution in [0.1, 0.15) is 38.5 Å². The fraction of sp³-hybridized carbons (Fsp3) is 0.526. The average molecular weight is 458 g/mol. The summed E-state index contributed by atoms with van der Waals surface area (Å²) in [6.45, 7) is -0.434. The number of benzene rings is 1. The van der Waals surface area contributed by atoms with Crippen molar-refractivity contribution in [3.63, 3.8) is 0 Å². The van der Waals surface area contributed by atoms with Gasteiger partial charge in [-0.25, -0.2) is 17.5 Å². The Bertz CT molecular complexity index is 987. The van der Waals surface area contributed by atoms with E-state index in [0.717, 1.165) is 31.0 Å². The molecule has 3 saturated heterocycles. The van der Waals surface area contributed by atoms with Crippen LogP contribution in [0, 0.1) is 5.82 Å². The van der Waals surface area contributed by atoms with Crippen LogP contribution in [0.5, 0.6) is 0 Å². The molecule has 8 nitrogen and oxygen atoms in total. The van der Waals surface area contributed by atoms with Crippen LogP contribution >= 0.6 is 11.6 Å². The monoisotopic (exact) mass is 457 g/mol. The van der Waals surface area contributed by atoms with Gasteiger partial charge in [0.25, 0.3) is 0 Å². The fourth-order valence-electron chi connectivity index (χ4n) is 4.74. The Morgan fingerprint density at radius 2 is 1.70 bits per heavy atom. The molecule has 3 heterocycles. The first-order valence-corrected chi connectivity index (χ1v) is 11.6. The Kier molecular flexibility index (Phi) is 5.58. The predicted octanol–water partition coefficient (Wildman–Crippen LogP) is 1.43. The number of rotatable bonds is 5. The highest BCUT2D eigenvalue weighted by Crippen LogP contribution is 2.39. The molecule has 1 N–H and O–H groups in total. The van der Waals surface area contributed by atoms with Crippen molar-refractivity contribution in [3.05, 3.63) is 29.0 Å². The zero-order chi connectivity index (χ0) is 21.6. The van der Waals surface area contributed by atoms with E-state index in [1.54, 1.807) is 4.90 Å². The molecule has 2 bridgehead atoms. The topological polar surface area (TPSA) is 104 Å². The SMILES string of the molecule is O=C1CCC(=O)N1C1CC2CCC(C1)N2C(=O)CNS(=O)(=O)c1ccc(F)c(Cl)c1. The average Bonchev–Trinajstić information content (AvgIpc) is 3.17. The number of imide groups is 1. The van der Waals surface area contributed by atoms with Crippen LogP contribution in [0.4, 0.5) is 4.39 Å².